The van der Waals surface area contributed by atoms with Crippen LogP contribution in [0.15, 0.2) is 0 Å². The van der Waals surface area contributed by atoms with E-state index in [-0.39, 0.29) is 17.7 Å². The van der Waals surface area contributed by atoms with Crippen molar-refractivity contribution in [2.45, 2.75) is 70.6 Å². The Morgan fingerprint density at radius 1 is 1.14 bits per heavy atom. The van der Waals surface area contributed by atoms with E-state index in [4.69, 9.17) is 4.74 Å². The van der Waals surface area contributed by atoms with Gasteiger partial charge in [-0.3, -0.25) is 4.90 Å². The van der Waals surface area contributed by atoms with Gasteiger partial charge in [0, 0.05) is 38.3 Å². The van der Waals surface area contributed by atoms with E-state index in [1.807, 2.05) is 20.8 Å². The number of piperazine rings is 1. The van der Waals surface area contributed by atoms with Gasteiger partial charge in [0.1, 0.15) is 5.60 Å². The molecule has 2 fully saturated rings. The zero-order chi connectivity index (χ0) is 16.2. The van der Waals surface area contributed by atoms with Crippen LogP contribution in [0.2, 0.25) is 0 Å². The van der Waals surface area contributed by atoms with Gasteiger partial charge in [0.15, 0.2) is 0 Å². The zero-order valence-electron chi connectivity index (χ0n) is 14.7. The normalized spacial score (nSPS) is 28.4. The monoisotopic (exact) mass is 311 g/mol. The predicted molar refractivity (Wildman–Crippen MR) is 89.1 cm³/mol. The van der Waals surface area contributed by atoms with Gasteiger partial charge >= 0.3 is 6.09 Å². The highest BCUT2D eigenvalue weighted by Gasteiger charge is 2.29. The molecule has 128 valence electrons. The Balaban J connectivity index is 1.70. The highest BCUT2D eigenvalue weighted by Crippen LogP contribution is 2.24. The zero-order valence-corrected chi connectivity index (χ0v) is 14.7. The third-order valence-corrected chi connectivity index (χ3v) is 5.29. The average Bonchev–Trinajstić information content (AvgIpc) is 2.48. The molecule has 0 atom stereocenters. The molecule has 5 nitrogen and oxygen atoms in total. The fourth-order valence-electron chi connectivity index (χ4n) is 3.29. The summed E-state index contributed by atoms with van der Waals surface area (Å²) in [6.45, 7) is 10.7. The number of alkyl carbamates (subject to hydrolysis) is 1. The Morgan fingerprint density at radius 2 is 1.73 bits per heavy atom. The van der Waals surface area contributed by atoms with E-state index in [1.165, 1.54) is 39.0 Å². The molecule has 1 saturated carbocycles. The van der Waals surface area contributed by atoms with E-state index in [0.717, 1.165) is 19.3 Å². The molecule has 1 saturated heterocycles. The number of likely N-dealkylation sites (N-methyl/N-ethyl adjacent to an activating group) is 1. The lowest BCUT2D eigenvalue weighted by molar-refractivity contribution is 0.0313. The summed E-state index contributed by atoms with van der Waals surface area (Å²) in [4.78, 5) is 17.0. The van der Waals surface area contributed by atoms with Crippen molar-refractivity contribution in [2.75, 3.05) is 33.2 Å². The quantitative estimate of drug-likeness (QED) is 0.866. The Morgan fingerprint density at radius 3 is 2.27 bits per heavy atom. The molecule has 2 aliphatic rings. The molecule has 1 amide bonds. The molecule has 0 unspecified atom stereocenters. The van der Waals surface area contributed by atoms with Crippen LogP contribution in [-0.4, -0.2) is 66.8 Å². The molecule has 1 N–H and O–H groups in total. The molecule has 22 heavy (non-hydrogen) atoms. The molecular weight excluding hydrogens is 278 g/mol. The van der Waals surface area contributed by atoms with Crippen molar-refractivity contribution < 1.29 is 9.53 Å². The maximum atomic E-state index is 12.0. The molecule has 1 aliphatic heterocycles. The van der Waals surface area contributed by atoms with Crippen LogP contribution in [0.4, 0.5) is 4.79 Å². The highest BCUT2D eigenvalue weighted by molar-refractivity contribution is 5.68. The molecule has 0 bridgehead atoms. The van der Waals surface area contributed by atoms with Gasteiger partial charge in [0.25, 0.3) is 0 Å². The SMILES string of the molecule is CCC(C)(C)OC(=O)NC1CCC(N2CCN(C)CC2)CC1. The van der Waals surface area contributed by atoms with Gasteiger partial charge in [-0.15, -0.1) is 0 Å². The van der Waals surface area contributed by atoms with E-state index in [1.54, 1.807) is 0 Å². The highest BCUT2D eigenvalue weighted by atomic mass is 16.6. The molecule has 0 aromatic heterocycles. The molecular formula is C17H33N3O2. The molecule has 0 radical (unpaired) electrons. The lowest BCUT2D eigenvalue weighted by atomic mass is 9.90. The third-order valence-electron chi connectivity index (χ3n) is 5.29. The minimum Gasteiger partial charge on any atom is -0.444 e. The summed E-state index contributed by atoms with van der Waals surface area (Å²) in [6, 6.07) is 0.985. The average molecular weight is 311 g/mol. The Kier molecular flexibility index (Phi) is 6.09. The van der Waals surface area contributed by atoms with E-state index >= 15 is 0 Å². The molecule has 1 aliphatic carbocycles. The molecule has 0 aromatic carbocycles. The largest absolute Gasteiger partial charge is 0.444 e. The van der Waals surface area contributed by atoms with E-state index in [9.17, 15) is 4.79 Å². The first kappa shape index (κ1) is 17.5. The summed E-state index contributed by atoms with van der Waals surface area (Å²) in [7, 11) is 2.20. The third kappa shape index (κ3) is 5.13. The Labute approximate surface area is 135 Å². The second kappa shape index (κ2) is 7.64. The maximum absolute atomic E-state index is 12.0. The van der Waals surface area contributed by atoms with Crippen molar-refractivity contribution in [1.82, 2.24) is 15.1 Å². The number of rotatable bonds is 4. The van der Waals surface area contributed by atoms with Gasteiger partial charge < -0.3 is 15.0 Å². The fraction of sp³-hybridized carbons (Fsp3) is 0.941. The number of nitrogens with one attached hydrogen (secondary N) is 1. The van der Waals surface area contributed by atoms with Crippen LogP contribution in [0, 0.1) is 0 Å². The summed E-state index contributed by atoms with van der Waals surface area (Å²) in [6.07, 6.45) is 5.08. The van der Waals surface area contributed by atoms with Crippen LogP contribution in [0.1, 0.15) is 52.9 Å². The summed E-state index contributed by atoms with van der Waals surface area (Å²) in [5, 5.41) is 3.05. The fourth-order valence-corrected chi connectivity index (χ4v) is 3.29. The van der Waals surface area contributed by atoms with Gasteiger partial charge in [-0.1, -0.05) is 6.92 Å². The molecule has 5 heteroatoms. The van der Waals surface area contributed by atoms with Crippen LogP contribution in [-0.2, 0) is 4.74 Å². The van der Waals surface area contributed by atoms with Crippen molar-refractivity contribution in [2.24, 2.45) is 0 Å². The van der Waals surface area contributed by atoms with Crippen LogP contribution in [0.25, 0.3) is 0 Å². The molecule has 0 spiro atoms. The first-order valence-corrected chi connectivity index (χ1v) is 8.82. The maximum Gasteiger partial charge on any atom is 0.407 e. The number of amides is 1. The number of carbonyl (C=O) groups is 1. The van der Waals surface area contributed by atoms with Crippen LogP contribution < -0.4 is 5.32 Å². The number of hydrogen-bond acceptors (Lipinski definition) is 4. The van der Waals surface area contributed by atoms with Crippen LogP contribution in [0.5, 0.6) is 0 Å². The molecule has 1 heterocycles. The van der Waals surface area contributed by atoms with Gasteiger partial charge in [0.05, 0.1) is 0 Å². The smallest absolute Gasteiger partial charge is 0.407 e. The van der Waals surface area contributed by atoms with Crippen molar-refractivity contribution in [3.05, 3.63) is 0 Å². The molecule has 2 rings (SSSR count). The Hall–Kier alpha value is -0.810. The van der Waals surface area contributed by atoms with Gasteiger partial charge in [0.2, 0.25) is 0 Å². The first-order chi connectivity index (χ1) is 10.4. The van der Waals surface area contributed by atoms with Gasteiger partial charge in [-0.05, 0) is 53.0 Å². The van der Waals surface area contributed by atoms with Crippen molar-refractivity contribution >= 4 is 6.09 Å². The topological polar surface area (TPSA) is 44.8 Å². The van der Waals surface area contributed by atoms with E-state index in [2.05, 4.69) is 22.2 Å². The summed E-state index contributed by atoms with van der Waals surface area (Å²) in [5.74, 6) is 0. The second-order valence-corrected chi connectivity index (χ2v) is 7.49. The van der Waals surface area contributed by atoms with E-state index in [0.29, 0.717) is 6.04 Å². The van der Waals surface area contributed by atoms with Crippen molar-refractivity contribution in [3.8, 4) is 0 Å². The number of carbonyl (C=O) groups excluding carboxylic acids is 1. The van der Waals surface area contributed by atoms with Crippen LogP contribution in [0.3, 0.4) is 0 Å². The standard InChI is InChI=1S/C17H33N3O2/c1-5-17(2,3)22-16(21)18-14-6-8-15(9-7-14)20-12-10-19(4)11-13-20/h14-15H,5-13H2,1-4H3,(H,18,21). The summed E-state index contributed by atoms with van der Waals surface area (Å²) >= 11 is 0. The van der Waals surface area contributed by atoms with Gasteiger partial charge in [-0.2, -0.15) is 0 Å². The molecule has 0 aromatic rings. The van der Waals surface area contributed by atoms with Gasteiger partial charge in [-0.25, -0.2) is 4.79 Å². The number of hydrogen-bond donors (Lipinski definition) is 1. The Bertz CT molecular complexity index is 357. The lowest BCUT2D eigenvalue weighted by Gasteiger charge is -2.41. The number of ether oxygens (including phenoxy) is 1. The second-order valence-electron chi connectivity index (χ2n) is 7.49. The lowest BCUT2D eigenvalue weighted by Crippen LogP contribution is -2.51. The summed E-state index contributed by atoms with van der Waals surface area (Å²) in [5.41, 5.74) is -0.374. The van der Waals surface area contributed by atoms with Crippen molar-refractivity contribution in [1.29, 1.82) is 0 Å². The number of nitrogens with zero attached hydrogens (tertiary/aromatic N) is 2. The first-order valence-electron chi connectivity index (χ1n) is 8.82. The van der Waals surface area contributed by atoms with Crippen LogP contribution >= 0.6 is 0 Å². The summed E-state index contributed by atoms with van der Waals surface area (Å²) < 4.78 is 5.48. The minimum atomic E-state index is -0.374. The van der Waals surface area contributed by atoms with E-state index < -0.39 is 0 Å². The minimum absolute atomic E-state index is 0.255. The predicted octanol–water partition coefficient (Wildman–Crippen LogP) is 2.46. The van der Waals surface area contributed by atoms with Crippen molar-refractivity contribution in [3.63, 3.8) is 0 Å².